The fourth-order valence-corrected chi connectivity index (χ4v) is 4.20. The first-order valence-corrected chi connectivity index (χ1v) is 10.6. The van der Waals surface area contributed by atoms with Gasteiger partial charge in [-0.2, -0.15) is 0 Å². The van der Waals surface area contributed by atoms with Gasteiger partial charge in [0.15, 0.2) is 11.4 Å². The normalized spacial score (nSPS) is 15.8. The predicted molar refractivity (Wildman–Crippen MR) is 115 cm³/mol. The number of nitrogens with one attached hydrogen (secondary N) is 1. The average molecular weight is 413 g/mol. The van der Waals surface area contributed by atoms with Crippen LogP contribution in [0.5, 0.6) is 0 Å². The van der Waals surface area contributed by atoms with Crippen molar-refractivity contribution in [3.63, 3.8) is 0 Å². The second-order valence-corrected chi connectivity index (χ2v) is 8.23. The second kappa shape index (κ2) is 8.97. The number of halogens is 1. The number of carbonyl (C=O) groups excluding carboxylic acids is 1. The van der Waals surface area contributed by atoms with Crippen LogP contribution in [0.25, 0.3) is 11.1 Å². The number of piperidine rings is 1. The molecule has 0 bridgehead atoms. The number of hydrogen-bond donors (Lipinski definition) is 1. The summed E-state index contributed by atoms with van der Waals surface area (Å²) in [6.07, 6.45) is 5.01. The molecule has 0 amide bonds. The molecule has 2 aromatic carbocycles. The Hall–Kier alpha value is -2.37. The minimum absolute atomic E-state index is 0.121. The quantitative estimate of drug-likeness (QED) is 0.451. The van der Waals surface area contributed by atoms with Crippen LogP contribution in [0.1, 0.15) is 41.6 Å². The van der Waals surface area contributed by atoms with Crippen molar-refractivity contribution >= 4 is 28.5 Å². The fraction of sp³-hybridized carbons (Fsp3) is 0.391. The van der Waals surface area contributed by atoms with Crippen LogP contribution in [0.3, 0.4) is 0 Å². The Morgan fingerprint density at radius 2 is 1.86 bits per heavy atom. The van der Waals surface area contributed by atoms with Crippen LogP contribution in [0, 0.1) is 5.92 Å². The number of H-pyrrole nitrogens is 1. The van der Waals surface area contributed by atoms with E-state index in [1.165, 1.54) is 5.56 Å². The zero-order chi connectivity index (χ0) is 20.2. The summed E-state index contributed by atoms with van der Waals surface area (Å²) in [5.74, 6) is -0.0432. The first-order chi connectivity index (χ1) is 14.1. The Morgan fingerprint density at radius 1 is 1.10 bits per heavy atom. The van der Waals surface area contributed by atoms with E-state index < -0.39 is 5.76 Å². The summed E-state index contributed by atoms with van der Waals surface area (Å²) in [5, 5.41) is 0.661. The van der Waals surface area contributed by atoms with Crippen LogP contribution >= 0.6 is 11.6 Å². The van der Waals surface area contributed by atoms with E-state index in [9.17, 15) is 9.59 Å². The summed E-state index contributed by atoms with van der Waals surface area (Å²) in [6, 6.07) is 13.1. The van der Waals surface area contributed by atoms with Crippen LogP contribution in [0.15, 0.2) is 51.7 Å². The number of carbonyl (C=O) groups is 1. The highest BCUT2D eigenvalue weighted by Crippen LogP contribution is 2.23. The van der Waals surface area contributed by atoms with Gasteiger partial charge in [-0.15, -0.1) is 0 Å². The van der Waals surface area contributed by atoms with E-state index in [-0.39, 0.29) is 11.7 Å². The molecule has 0 atom stereocenters. The van der Waals surface area contributed by atoms with Gasteiger partial charge in [0, 0.05) is 16.5 Å². The van der Waals surface area contributed by atoms with Gasteiger partial charge in [-0.1, -0.05) is 17.7 Å². The summed E-state index contributed by atoms with van der Waals surface area (Å²) < 4.78 is 5.12. The Bertz CT molecular complexity index is 1030. The molecule has 152 valence electrons. The van der Waals surface area contributed by atoms with Crippen LogP contribution in [0.4, 0.5) is 0 Å². The monoisotopic (exact) mass is 412 g/mol. The standard InChI is InChI=1S/C23H25ClN2O3/c24-19-7-5-17(6-8-19)22(27)18-10-13-26(14-11-18)12-2-1-3-16-4-9-20-21(15-16)29-23(28)25-20/h4-9,15,18H,1-3,10-14H2,(H,25,28). The van der Waals surface area contributed by atoms with E-state index in [1.54, 1.807) is 12.1 Å². The number of aromatic amines is 1. The summed E-state index contributed by atoms with van der Waals surface area (Å²) in [4.78, 5) is 29.0. The van der Waals surface area contributed by atoms with E-state index in [1.807, 2.05) is 30.3 Å². The molecule has 1 aromatic heterocycles. The van der Waals surface area contributed by atoms with Crippen molar-refractivity contribution in [2.24, 2.45) is 5.92 Å². The third-order valence-corrected chi connectivity index (χ3v) is 6.01. The maximum Gasteiger partial charge on any atom is 0.417 e. The van der Waals surface area contributed by atoms with Crippen molar-refractivity contribution in [1.29, 1.82) is 0 Å². The first-order valence-electron chi connectivity index (χ1n) is 10.2. The minimum atomic E-state index is -0.407. The highest BCUT2D eigenvalue weighted by molar-refractivity contribution is 6.30. The lowest BCUT2D eigenvalue weighted by molar-refractivity contribution is 0.0839. The minimum Gasteiger partial charge on any atom is -0.408 e. The van der Waals surface area contributed by atoms with Crippen molar-refractivity contribution in [3.05, 3.63) is 69.2 Å². The van der Waals surface area contributed by atoms with Gasteiger partial charge in [0.1, 0.15) is 0 Å². The van der Waals surface area contributed by atoms with Crippen LogP contribution in [-0.4, -0.2) is 35.3 Å². The van der Waals surface area contributed by atoms with Gasteiger partial charge >= 0.3 is 5.76 Å². The molecule has 3 aromatic rings. The molecule has 0 unspecified atom stereocenters. The Balaban J connectivity index is 1.19. The first kappa shape index (κ1) is 19.9. The Kier molecular flexibility index (Phi) is 6.16. The molecule has 1 saturated heterocycles. The van der Waals surface area contributed by atoms with Gasteiger partial charge in [-0.05, 0) is 93.7 Å². The summed E-state index contributed by atoms with van der Waals surface area (Å²) in [7, 11) is 0. The van der Waals surface area contributed by atoms with Gasteiger partial charge in [0.05, 0.1) is 5.52 Å². The zero-order valence-corrected chi connectivity index (χ0v) is 17.1. The second-order valence-electron chi connectivity index (χ2n) is 7.79. The maximum absolute atomic E-state index is 12.6. The number of benzene rings is 2. The smallest absolute Gasteiger partial charge is 0.408 e. The van der Waals surface area contributed by atoms with Crippen LogP contribution in [-0.2, 0) is 6.42 Å². The third kappa shape index (κ3) is 4.98. The number of hydrogen-bond acceptors (Lipinski definition) is 4. The van der Waals surface area contributed by atoms with E-state index >= 15 is 0 Å². The van der Waals surface area contributed by atoms with E-state index in [2.05, 4.69) is 9.88 Å². The summed E-state index contributed by atoms with van der Waals surface area (Å²) in [6.45, 7) is 3.01. The molecule has 0 spiro atoms. The molecular formula is C23H25ClN2O3. The average Bonchev–Trinajstić information content (AvgIpc) is 3.11. The van der Waals surface area contributed by atoms with E-state index in [0.717, 1.165) is 62.8 Å². The highest BCUT2D eigenvalue weighted by atomic mass is 35.5. The van der Waals surface area contributed by atoms with Crippen molar-refractivity contribution in [2.75, 3.05) is 19.6 Å². The lowest BCUT2D eigenvalue weighted by atomic mass is 9.89. The number of aryl methyl sites for hydroxylation is 1. The van der Waals surface area contributed by atoms with Crippen molar-refractivity contribution in [3.8, 4) is 0 Å². The lowest BCUT2D eigenvalue weighted by Gasteiger charge is -2.31. The fourth-order valence-electron chi connectivity index (χ4n) is 4.08. The molecule has 2 heterocycles. The van der Waals surface area contributed by atoms with Gasteiger partial charge < -0.3 is 9.32 Å². The SMILES string of the molecule is O=C(c1ccc(Cl)cc1)C1CCN(CCCCc2ccc3[nH]c(=O)oc3c2)CC1. The molecule has 5 nitrogen and oxygen atoms in total. The van der Waals surface area contributed by atoms with Crippen molar-refractivity contribution < 1.29 is 9.21 Å². The predicted octanol–water partition coefficient (Wildman–Crippen LogP) is 4.69. The molecule has 4 rings (SSSR count). The lowest BCUT2D eigenvalue weighted by Crippen LogP contribution is -2.36. The molecule has 0 aliphatic carbocycles. The zero-order valence-electron chi connectivity index (χ0n) is 16.3. The number of aromatic nitrogens is 1. The Labute approximate surface area is 174 Å². The number of unbranched alkanes of at least 4 members (excludes halogenated alkanes) is 1. The molecule has 1 aliphatic heterocycles. The number of likely N-dealkylation sites (tertiary alicyclic amines) is 1. The number of Topliss-reactive ketones (excluding diaryl/α,β-unsaturated/α-hetero) is 1. The molecular weight excluding hydrogens is 388 g/mol. The molecule has 1 aliphatic rings. The topological polar surface area (TPSA) is 66.3 Å². The number of ketones is 1. The maximum atomic E-state index is 12.6. The molecule has 6 heteroatoms. The van der Waals surface area contributed by atoms with Crippen LogP contribution in [0.2, 0.25) is 5.02 Å². The van der Waals surface area contributed by atoms with Gasteiger partial charge in [-0.3, -0.25) is 9.78 Å². The molecule has 29 heavy (non-hydrogen) atoms. The number of nitrogens with zero attached hydrogens (tertiary/aromatic N) is 1. The van der Waals surface area contributed by atoms with Gasteiger partial charge in [0.25, 0.3) is 0 Å². The number of rotatable bonds is 7. The van der Waals surface area contributed by atoms with Gasteiger partial charge in [-0.25, -0.2) is 4.79 Å². The van der Waals surface area contributed by atoms with Crippen LogP contribution < -0.4 is 5.76 Å². The number of oxazole rings is 1. The van der Waals surface area contributed by atoms with Crippen molar-refractivity contribution in [2.45, 2.75) is 32.1 Å². The third-order valence-electron chi connectivity index (χ3n) is 5.76. The largest absolute Gasteiger partial charge is 0.417 e. The van der Waals surface area contributed by atoms with E-state index in [0.29, 0.717) is 10.6 Å². The van der Waals surface area contributed by atoms with Gasteiger partial charge in [0.2, 0.25) is 0 Å². The summed E-state index contributed by atoms with van der Waals surface area (Å²) in [5.41, 5.74) is 3.32. The molecule has 0 saturated carbocycles. The summed E-state index contributed by atoms with van der Waals surface area (Å²) >= 11 is 5.91. The number of fused-ring (bicyclic) bond motifs is 1. The van der Waals surface area contributed by atoms with E-state index in [4.69, 9.17) is 16.0 Å². The Morgan fingerprint density at radius 3 is 2.62 bits per heavy atom. The molecule has 1 fully saturated rings. The molecule has 0 radical (unpaired) electrons. The molecule has 1 N–H and O–H groups in total. The highest BCUT2D eigenvalue weighted by Gasteiger charge is 2.25. The van der Waals surface area contributed by atoms with Crippen molar-refractivity contribution in [1.82, 2.24) is 9.88 Å².